The van der Waals surface area contributed by atoms with Crippen LogP contribution in [0.25, 0.3) is 0 Å². The van der Waals surface area contributed by atoms with Gasteiger partial charge in [0.1, 0.15) is 18.7 Å². The normalized spacial score (nSPS) is 19.2. The van der Waals surface area contributed by atoms with Gasteiger partial charge in [-0.15, -0.1) is 0 Å². The molecule has 0 aromatic heterocycles. The Labute approximate surface area is 110 Å². The molecule has 96 valence electrons. The van der Waals surface area contributed by atoms with Gasteiger partial charge >= 0.3 is 5.91 Å². The second-order valence-corrected chi connectivity index (χ2v) is 4.52. The van der Waals surface area contributed by atoms with E-state index in [0.29, 0.717) is 10.2 Å². The third kappa shape index (κ3) is 1.65. The van der Waals surface area contributed by atoms with Gasteiger partial charge in [0.2, 0.25) is 0 Å². The molecule has 3 rings (SSSR count). The number of hydrogen-bond donors (Lipinski definition) is 1. The highest BCUT2D eigenvalue weighted by Gasteiger charge is 2.46. The van der Waals surface area contributed by atoms with Gasteiger partial charge in [0, 0.05) is 31.0 Å². The first-order valence-corrected chi connectivity index (χ1v) is 5.61. The summed E-state index contributed by atoms with van der Waals surface area (Å²) < 4.78 is 0.464. The van der Waals surface area contributed by atoms with Crippen molar-refractivity contribution in [2.75, 3.05) is 13.1 Å². The maximum atomic E-state index is 11.9. The molecule has 0 bridgehead atoms. The molecule has 0 aliphatic carbocycles. The van der Waals surface area contributed by atoms with Crippen molar-refractivity contribution in [2.45, 2.75) is 12.8 Å². The molecule has 18 heavy (non-hydrogen) atoms. The van der Waals surface area contributed by atoms with Gasteiger partial charge in [0.05, 0.1) is 4.92 Å². The molecule has 0 unspecified atom stereocenters. The van der Waals surface area contributed by atoms with Crippen LogP contribution in [0.5, 0.6) is 0 Å². The van der Waals surface area contributed by atoms with E-state index in [1.54, 1.807) is 6.07 Å². The predicted octanol–water partition coefficient (Wildman–Crippen LogP) is -1.64. The Morgan fingerprint density at radius 1 is 1.28 bits per heavy atom. The van der Waals surface area contributed by atoms with Crippen LogP contribution in [0, 0.1) is 10.1 Å². The maximum absolute atomic E-state index is 11.9. The topological polar surface area (TPSA) is 72.2 Å². The maximum Gasteiger partial charge on any atom is 0.302 e. The van der Waals surface area contributed by atoms with E-state index in [2.05, 4.69) is 5.43 Å². The van der Waals surface area contributed by atoms with Gasteiger partial charge in [-0.1, -0.05) is 0 Å². The van der Waals surface area contributed by atoms with Crippen molar-refractivity contribution < 1.29 is 22.1 Å². The van der Waals surface area contributed by atoms with E-state index in [4.69, 9.17) is 0 Å². The van der Waals surface area contributed by atoms with Crippen molar-refractivity contribution in [1.82, 2.24) is 10.0 Å². The minimum atomic E-state index is -0.472. The van der Waals surface area contributed by atoms with Crippen LogP contribution in [0.2, 0.25) is 0 Å². The van der Waals surface area contributed by atoms with Crippen LogP contribution in [-0.4, -0.2) is 23.9 Å². The van der Waals surface area contributed by atoms with Crippen LogP contribution < -0.4 is 22.4 Å². The summed E-state index contributed by atoms with van der Waals surface area (Å²) in [5.41, 5.74) is 4.23. The number of benzene rings is 1. The zero-order valence-corrected chi connectivity index (χ0v) is 10.3. The molecule has 1 saturated heterocycles. The molecule has 1 N–H and O–H groups in total. The van der Waals surface area contributed by atoms with Crippen LogP contribution >= 0.6 is 0 Å². The quantitative estimate of drug-likeness (QED) is 0.378. The fourth-order valence-corrected chi connectivity index (χ4v) is 2.74. The van der Waals surface area contributed by atoms with Crippen molar-refractivity contribution in [1.29, 1.82) is 0 Å². The average Bonchev–Trinajstić information content (AvgIpc) is 2.87. The number of nitro benzene ring substituents is 1. The highest BCUT2D eigenvalue weighted by atomic mass is 35.5. The molecular weight excluding hydrogens is 258 g/mol. The number of nitro groups is 1. The molecule has 0 radical (unpaired) electrons. The zero-order chi connectivity index (χ0) is 12.0. The number of halogens is 1. The molecule has 1 aromatic carbocycles. The summed E-state index contributed by atoms with van der Waals surface area (Å²) in [4.78, 5) is 22.1. The van der Waals surface area contributed by atoms with Gasteiger partial charge in [-0.3, -0.25) is 14.9 Å². The fourth-order valence-electron chi connectivity index (χ4n) is 2.74. The van der Waals surface area contributed by atoms with Crippen LogP contribution in [0.1, 0.15) is 23.2 Å². The molecule has 2 aliphatic heterocycles. The number of carbonyl (C=O) groups excluding carboxylic acids is 1. The fraction of sp³-hybridized carbons (Fsp3) is 0.364. The predicted molar refractivity (Wildman–Crippen MR) is 61.3 cm³/mol. The summed E-state index contributed by atoms with van der Waals surface area (Å²) in [5.74, 6) is -0.203. The summed E-state index contributed by atoms with van der Waals surface area (Å²) in [6.07, 6.45) is 2.13. The molecule has 6 nitrogen and oxygen atoms in total. The minimum Gasteiger partial charge on any atom is -1.00 e. The molecular formula is C11H12ClN3O3. The lowest BCUT2D eigenvalue weighted by Crippen LogP contribution is -3.00. The smallest absolute Gasteiger partial charge is 0.302 e. The average molecular weight is 270 g/mol. The van der Waals surface area contributed by atoms with Crippen molar-refractivity contribution in [3.8, 4) is 0 Å². The van der Waals surface area contributed by atoms with Crippen LogP contribution in [0.15, 0.2) is 18.2 Å². The Kier molecular flexibility index (Phi) is 3.00. The van der Waals surface area contributed by atoms with Gasteiger partial charge in [0.25, 0.3) is 5.69 Å². The number of nitrogens with one attached hydrogen (secondary N) is 1. The molecule has 1 spiro atoms. The standard InChI is InChI=1S/C11H11N3O3.ClH/c15-11-9-7-8(13(16)17)3-4-10(9)14(12-11)5-1-2-6-14;/h3-4,7H,1-2,5-6H2;1H. The number of non-ortho nitro benzene ring substituents is 1. The number of rotatable bonds is 1. The second kappa shape index (κ2) is 4.22. The molecule has 2 aliphatic rings. The van der Waals surface area contributed by atoms with E-state index in [-0.39, 0.29) is 24.0 Å². The molecule has 0 saturated carbocycles. The first-order chi connectivity index (χ1) is 8.12. The lowest BCUT2D eigenvalue weighted by Gasteiger charge is -2.26. The van der Waals surface area contributed by atoms with E-state index in [1.165, 1.54) is 12.1 Å². The first kappa shape index (κ1) is 12.8. The third-order valence-corrected chi connectivity index (χ3v) is 3.54. The van der Waals surface area contributed by atoms with E-state index in [0.717, 1.165) is 31.6 Å². The third-order valence-electron chi connectivity index (χ3n) is 3.54. The zero-order valence-electron chi connectivity index (χ0n) is 9.56. The Bertz CT molecular complexity index is 526. The van der Waals surface area contributed by atoms with E-state index in [9.17, 15) is 14.9 Å². The van der Waals surface area contributed by atoms with Gasteiger partial charge in [0.15, 0.2) is 5.69 Å². The van der Waals surface area contributed by atoms with E-state index in [1.807, 2.05) is 0 Å². The Hall–Kier alpha value is -1.66. The number of hydrogen-bond acceptors (Lipinski definition) is 3. The van der Waals surface area contributed by atoms with Gasteiger partial charge in [-0.25, -0.2) is 0 Å². The Morgan fingerprint density at radius 3 is 2.56 bits per heavy atom. The van der Waals surface area contributed by atoms with E-state index >= 15 is 0 Å². The van der Waals surface area contributed by atoms with Crippen molar-refractivity contribution in [3.05, 3.63) is 33.9 Å². The van der Waals surface area contributed by atoms with Crippen molar-refractivity contribution >= 4 is 17.3 Å². The number of amides is 1. The highest BCUT2D eigenvalue weighted by Crippen LogP contribution is 2.37. The lowest BCUT2D eigenvalue weighted by atomic mass is 10.1. The molecule has 1 amide bonds. The van der Waals surface area contributed by atoms with Gasteiger partial charge in [-0.05, 0) is 0 Å². The summed E-state index contributed by atoms with van der Waals surface area (Å²) >= 11 is 0. The summed E-state index contributed by atoms with van der Waals surface area (Å²) in [7, 11) is 0. The van der Waals surface area contributed by atoms with E-state index < -0.39 is 4.92 Å². The molecule has 2 heterocycles. The lowest BCUT2D eigenvalue weighted by molar-refractivity contribution is -0.384. The van der Waals surface area contributed by atoms with Crippen LogP contribution in [0.3, 0.4) is 0 Å². The van der Waals surface area contributed by atoms with Gasteiger partial charge < -0.3 is 12.4 Å². The highest BCUT2D eigenvalue weighted by molar-refractivity contribution is 6.04. The second-order valence-electron chi connectivity index (χ2n) is 4.52. The SMILES string of the molecule is O=C1N[N+]2(CCCC2)c2ccc([N+](=O)[O-])cc21.[Cl-]. The summed E-state index contributed by atoms with van der Waals surface area (Å²) in [6, 6.07) is 4.55. The van der Waals surface area contributed by atoms with Crippen LogP contribution in [0.4, 0.5) is 11.4 Å². The first-order valence-electron chi connectivity index (χ1n) is 5.61. The molecule has 0 atom stereocenters. The van der Waals surface area contributed by atoms with Crippen molar-refractivity contribution in [2.24, 2.45) is 0 Å². The summed E-state index contributed by atoms with van der Waals surface area (Å²) in [5, 5.41) is 10.7. The molecule has 1 fully saturated rings. The molecule has 1 aromatic rings. The summed E-state index contributed by atoms with van der Waals surface area (Å²) in [6.45, 7) is 1.74. The Balaban J connectivity index is 0.00000120. The van der Waals surface area contributed by atoms with Gasteiger partial charge in [-0.2, -0.15) is 10.0 Å². The minimum absolute atomic E-state index is 0. The number of nitrogens with zero attached hydrogens (tertiary/aromatic N) is 2. The van der Waals surface area contributed by atoms with Crippen LogP contribution in [-0.2, 0) is 0 Å². The molecule has 7 heteroatoms. The number of fused-ring (bicyclic) bond motifs is 2. The largest absolute Gasteiger partial charge is 1.00 e. The monoisotopic (exact) mass is 269 g/mol. The Morgan fingerprint density at radius 2 is 1.94 bits per heavy atom. The van der Waals surface area contributed by atoms with Crippen molar-refractivity contribution in [3.63, 3.8) is 0 Å². The number of quaternary nitrogens is 1. The number of carbonyl (C=O) groups is 1.